The Labute approximate surface area is 174 Å². The summed E-state index contributed by atoms with van der Waals surface area (Å²) in [6.45, 7) is 13.3. The van der Waals surface area contributed by atoms with Gasteiger partial charge in [0.1, 0.15) is 11.7 Å². The van der Waals surface area contributed by atoms with Gasteiger partial charge in [-0.3, -0.25) is 0 Å². The Kier molecular flexibility index (Phi) is 4.55. The predicted octanol–water partition coefficient (Wildman–Crippen LogP) is 3.02. The second-order valence-corrected chi connectivity index (χ2v) is 11.0. The van der Waals surface area contributed by atoms with Crippen molar-refractivity contribution in [3.05, 3.63) is 0 Å². The zero-order valence-corrected chi connectivity index (χ0v) is 19.0. The van der Waals surface area contributed by atoms with Crippen molar-refractivity contribution < 1.29 is 28.4 Å². The summed E-state index contributed by atoms with van der Waals surface area (Å²) < 4.78 is 38.6. The van der Waals surface area contributed by atoms with Gasteiger partial charge >= 0.3 is 0 Å². The lowest BCUT2D eigenvalue weighted by Gasteiger charge is -2.49. The van der Waals surface area contributed by atoms with Gasteiger partial charge in [0.05, 0.1) is 36.9 Å². The van der Waals surface area contributed by atoms with Crippen LogP contribution in [0.25, 0.3) is 0 Å². The lowest BCUT2D eigenvalue weighted by molar-refractivity contribution is -0.207. The van der Waals surface area contributed by atoms with E-state index < -0.39 is 5.60 Å². The summed E-state index contributed by atoms with van der Waals surface area (Å²) in [6, 6.07) is 0. The molecule has 0 aromatic heterocycles. The minimum absolute atomic E-state index is 0.0183. The Morgan fingerprint density at radius 3 is 2.45 bits per heavy atom. The number of rotatable bonds is 4. The quantitative estimate of drug-likeness (QED) is 0.710. The molecule has 6 unspecified atom stereocenters. The van der Waals surface area contributed by atoms with E-state index in [-0.39, 0.29) is 52.9 Å². The monoisotopic (exact) mass is 410 g/mol. The first-order valence-corrected chi connectivity index (χ1v) is 11.3. The summed E-state index contributed by atoms with van der Waals surface area (Å²) >= 11 is 0. The van der Waals surface area contributed by atoms with Crippen molar-refractivity contribution in [2.75, 3.05) is 34.0 Å². The number of fused-ring (bicyclic) bond motifs is 2. The van der Waals surface area contributed by atoms with Gasteiger partial charge in [-0.2, -0.15) is 0 Å². The molecule has 29 heavy (non-hydrogen) atoms. The SMILES string of the molecule is CCOC1C[C@@H](C(C)(C)C)C23C(OC[C@@H]2OC)OC2C13CC1OC[C@@H](C)[C@@]12OC. The van der Waals surface area contributed by atoms with Gasteiger partial charge in [0.15, 0.2) is 6.29 Å². The summed E-state index contributed by atoms with van der Waals surface area (Å²) in [5.74, 6) is 0.617. The zero-order chi connectivity index (χ0) is 20.8. The Morgan fingerprint density at radius 1 is 1.07 bits per heavy atom. The molecule has 6 nitrogen and oxygen atoms in total. The van der Waals surface area contributed by atoms with E-state index in [0.717, 1.165) is 12.8 Å². The number of hydrogen-bond donors (Lipinski definition) is 0. The van der Waals surface area contributed by atoms with Gasteiger partial charge < -0.3 is 28.4 Å². The maximum atomic E-state index is 6.88. The first kappa shape index (κ1) is 20.7. The fraction of sp³-hybridized carbons (Fsp3) is 1.00. The molecule has 0 aromatic carbocycles. The van der Waals surface area contributed by atoms with E-state index in [9.17, 15) is 0 Å². The first-order chi connectivity index (χ1) is 13.7. The van der Waals surface area contributed by atoms with Crippen LogP contribution in [0.15, 0.2) is 0 Å². The van der Waals surface area contributed by atoms with Crippen LogP contribution in [0.5, 0.6) is 0 Å². The molecule has 0 radical (unpaired) electrons. The van der Waals surface area contributed by atoms with Crippen molar-refractivity contribution >= 4 is 0 Å². The average molecular weight is 411 g/mol. The molecule has 3 saturated heterocycles. The van der Waals surface area contributed by atoms with Crippen LogP contribution in [0.3, 0.4) is 0 Å². The molecule has 5 rings (SSSR count). The summed E-state index contributed by atoms with van der Waals surface area (Å²) in [5.41, 5.74) is -0.882. The molecule has 5 fully saturated rings. The average Bonchev–Trinajstić information content (AvgIpc) is 3.38. The molecular weight excluding hydrogens is 372 g/mol. The van der Waals surface area contributed by atoms with Gasteiger partial charge in [0.25, 0.3) is 0 Å². The van der Waals surface area contributed by atoms with E-state index in [0.29, 0.717) is 25.7 Å². The fourth-order valence-corrected chi connectivity index (χ4v) is 8.43. The van der Waals surface area contributed by atoms with E-state index in [1.165, 1.54) is 0 Å². The van der Waals surface area contributed by atoms with E-state index in [1.807, 2.05) is 14.2 Å². The topological polar surface area (TPSA) is 55.4 Å². The molecule has 10 atom stereocenters. The molecule has 0 amide bonds. The smallest absolute Gasteiger partial charge is 0.167 e. The van der Waals surface area contributed by atoms with Crippen molar-refractivity contribution in [2.45, 2.75) is 83.8 Å². The lowest BCUT2D eigenvalue weighted by atomic mass is 9.54. The predicted molar refractivity (Wildman–Crippen MR) is 107 cm³/mol. The molecular formula is C23H38O6. The molecule has 0 aromatic rings. The molecule has 3 heterocycles. The van der Waals surface area contributed by atoms with Crippen LogP contribution in [-0.2, 0) is 28.4 Å². The highest BCUT2D eigenvalue weighted by Crippen LogP contribution is 2.79. The normalized spacial score (nSPS) is 55.8. The van der Waals surface area contributed by atoms with Gasteiger partial charge in [-0.05, 0) is 31.1 Å². The van der Waals surface area contributed by atoms with Crippen molar-refractivity contribution in [3.63, 3.8) is 0 Å². The van der Waals surface area contributed by atoms with Crippen LogP contribution < -0.4 is 0 Å². The van der Waals surface area contributed by atoms with Crippen LogP contribution in [0.2, 0.25) is 0 Å². The van der Waals surface area contributed by atoms with E-state index in [4.69, 9.17) is 28.4 Å². The Bertz CT molecular complexity index is 662. The fourth-order valence-electron chi connectivity index (χ4n) is 8.43. The van der Waals surface area contributed by atoms with Crippen molar-refractivity contribution in [1.82, 2.24) is 0 Å². The number of methoxy groups -OCH3 is 2. The third-order valence-electron chi connectivity index (χ3n) is 9.26. The molecule has 2 spiro atoms. The van der Waals surface area contributed by atoms with Gasteiger partial charge in [-0.25, -0.2) is 0 Å². The number of ether oxygens (including phenoxy) is 6. The Balaban J connectivity index is 1.74. The van der Waals surface area contributed by atoms with Crippen LogP contribution in [0, 0.1) is 28.1 Å². The minimum atomic E-state index is -0.457. The van der Waals surface area contributed by atoms with Crippen LogP contribution >= 0.6 is 0 Å². The maximum absolute atomic E-state index is 6.88. The van der Waals surface area contributed by atoms with E-state index >= 15 is 0 Å². The molecule has 5 aliphatic rings. The first-order valence-electron chi connectivity index (χ1n) is 11.3. The molecule has 2 aliphatic carbocycles. The van der Waals surface area contributed by atoms with Gasteiger partial charge in [0.2, 0.25) is 0 Å². The second kappa shape index (κ2) is 6.39. The minimum Gasteiger partial charge on any atom is -0.378 e. The van der Waals surface area contributed by atoms with E-state index in [1.54, 1.807) is 0 Å². The molecule has 0 N–H and O–H groups in total. The Morgan fingerprint density at radius 2 is 1.83 bits per heavy atom. The highest BCUT2D eigenvalue weighted by atomic mass is 16.7. The number of hydrogen-bond acceptors (Lipinski definition) is 6. The summed E-state index contributed by atoms with van der Waals surface area (Å²) in [5, 5.41) is 0. The molecule has 2 saturated carbocycles. The lowest BCUT2D eigenvalue weighted by Crippen LogP contribution is -2.59. The van der Waals surface area contributed by atoms with E-state index in [2.05, 4.69) is 34.6 Å². The van der Waals surface area contributed by atoms with Crippen molar-refractivity contribution in [2.24, 2.45) is 28.1 Å². The highest BCUT2D eigenvalue weighted by Gasteiger charge is 2.88. The molecule has 166 valence electrons. The second-order valence-electron chi connectivity index (χ2n) is 11.0. The molecule has 6 heteroatoms. The van der Waals surface area contributed by atoms with Crippen molar-refractivity contribution in [1.29, 1.82) is 0 Å². The summed E-state index contributed by atoms with van der Waals surface area (Å²) in [7, 11) is 3.64. The molecule has 0 bridgehead atoms. The van der Waals surface area contributed by atoms with Gasteiger partial charge in [0, 0.05) is 32.2 Å². The standard InChI is InChI=1S/C23H38O6/c1-8-26-15-9-14(20(3,4)5)22-17(24-6)12-28-19(22)29-18-21(15,22)10-16-23(18,25-7)13(2)11-27-16/h13-19H,8-12H2,1-7H3/t13-,14+,15?,16?,17+,18?,19?,21?,22?,23-/m1/s1. The van der Waals surface area contributed by atoms with Gasteiger partial charge in [-0.15, -0.1) is 0 Å². The maximum Gasteiger partial charge on any atom is 0.167 e. The third-order valence-corrected chi connectivity index (χ3v) is 9.26. The van der Waals surface area contributed by atoms with Gasteiger partial charge in [-0.1, -0.05) is 27.7 Å². The highest BCUT2D eigenvalue weighted by molar-refractivity contribution is 5.34. The van der Waals surface area contributed by atoms with Crippen molar-refractivity contribution in [3.8, 4) is 0 Å². The Hall–Kier alpha value is -0.240. The summed E-state index contributed by atoms with van der Waals surface area (Å²) in [6.07, 6.45) is 1.56. The largest absolute Gasteiger partial charge is 0.378 e. The van der Waals surface area contributed by atoms with Crippen LogP contribution in [0.4, 0.5) is 0 Å². The van der Waals surface area contributed by atoms with Crippen LogP contribution in [-0.4, -0.2) is 70.3 Å². The van der Waals surface area contributed by atoms with Crippen LogP contribution in [0.1, 0.15) is 47.5 Å². The summed E-state index contributed by atoms with van der Waals surface area (Å²) in [4.78, 5) is 0. The molecule has 3 aliphatic heterocycles. The third kappa shape index (κ3) is 2.10. The zero-order valence-electron chi connectivity index (χ0n) is 19.0.